The Morgan fingerprint density at radius 2 is 2.38 bits per heavy atom. The topological polar surface area (TPSA) is 54.0 Å². The number of carbonyl (C=O) groups excluding carboxylic acids is 1. The van der Waals surface area contributed by atoms with E-state index in [0.717, 1.165) is 5.69 Å². The van der Waals surface area contributed by atoms with Gasteiger partial charge in [-0.3, -0.25) is 4.79 Å². The minimum Gasteiger partial charge on any atom is -0.388 e. The average molecular weight is 179 g/mol. The monoisotopic (exact) mass is 179 g/mol. The lowest BCUT2D eigenvalue weighted by Gasteiger charge is -2.04. The Morgan fingerprint density at radius 3 is 3.00 bits per heavy atom. The highest BCUT2D eigenvalue weighted by Gasteiger charge is 1.99. The molecule has 0 aliphatic heterocycles. The standard InChI is InChI=1S/C9H13N3O/c1-3-9(13)12-8-6-7(10-2)4-5-11-8/h4-6H,3H2,1-2H3,(H2,10,11,12,13). The van der Waals surface area contributed by atoms with Crippen molar-refractivity contribution in [2.45, 2.75) is 13.3 Å². The van der Waals surface area contributed by atoms with Crippen LogP contribution in [0.2, 0.25) is 0 Å². The summed E-state index contributed by atoms with van der Waals surface area (Å²) in [5.41, 5.74) is 0.932. The molecule has 0 radical (unpaired) electrons. The van der Waals surface area contributed by atoms with Crippen LogP contribution in [0.4, 0.5) is 11.5 Å². The van der Waals surface area contributed by atoms with Gasteiger partial charge in [0.15, 0.2) is 0 Å². The van der Waals surface area contributed by atoms with Crippen LogP contribution in [-0.4, -0.2) is 17.9 Å². The van der Waals surface area contributed by atoms with Crippen molar-refractivity contribution in [3.63, 3.8) is 0 Å². The van der Waals surface area contributed by atoms with Crippen molar-refractivity contribution < 1.29 is 4.79 Å². The molecule has 13 heavy (non-hydrogen) atoms. The molecule has 2 N–H and O–H groups in total. The van der Waals surface area contributed by atoms with Crippen LogP contribution in [0.25, 0.3) is 0 Å². The summed E-state index contributed by atoms with van der Waals surface area (Å²) in [7, 11) is 1.82. The molecule has 1 rings (SSSR count). The molecule has 1 amide bonds. The van der Waals surface area contributed by atoms with Crippen molar-refractivity contribution in [2.75, 3.05) is 17.7 Å². The van der Waals surface area contributed by atoms with Crippen LogP contribution in [0.15, 0.2) is 18.3 Å². The van der Waals surface area contributed by atoms with Crippen LogP contribution in [-0.2, 0) is 4.79 Å². The Labute approximate surface area is 77.4 Å². The molecule has 0 aliphatic rings. The fourth-order valence-corrected chi connectivity index (χ4v) is 0.886. The average Bonchev–Trinajstić information content (AvgIpc) is 2.18. The van der Waals surface area contributed by atoms with Gasteiger partial charge in [0, 0.05) is 31.4 Å². The number of anilines is 2. The minimum atomic E-state index is -0.0271. The summed E-state index contributed by atoms with van der Waals surface area (Å²) in [5, 5.41) is 5.64. The second-order valence-electron chi connectivity index (χ2n) is 2.58. The van der Waals surface area contributed by atoms with E-state index in [4.69, 9.17) is 0 Å². The van der Waals surface area contributed by atoms with Gasteiger partial charge in [0.25, 0.3) is 0 Å². The number of nitrogens with zero attached hydrogens (tertiary/aromatic N) is 1. The maximum atomic E-state index is 11.0. The van der Waals surface area contributed by atoms with Gasteiger partial charge in [-0.25, -0.2) is 4.98 Å². The van der Waals surface area contributed by atoms with Gasteiger partial charge in [0.05, 0.1) is 0 Å². The molecule has 4 heteroatoms. The molecule has 0 aromatic carbocycles. The Hall–Kier alpha value is -1.58. The summed E-state index contributed by atoms with van der Waals surface area (Å²) in [5.74, 6) is 0.555. The first-order valence-corrected chi connectivity index (χ1v) is 4.20. The highest BCUT2D eigenvalue weighted by molar-refractivity contribution is 5.89. The van der Waals surface area contributed by atoms with Crippen LogP contribution in [0.3, 0.4) is 0 Å². The van der Waals surface area contributed by atoms with E-state index in [0.29, 0.717) is 12.2 Å². The van der Waals surface area contributed by atoms with Gasteiger partial charge in [-0.1, -0.05) is 6.92 Å². The number of amides is 1. The second kappa shape index (κ2) is 4.45. The largest absolute Gasteiger partial charge is 0.388 e. The molecule has 0 spiro atoms. The van der Waals surface area contributed by atoms with Gasteiger partial charge >= 0.3 is 0 Å². The Morgan fingerprint density at radius 1 is 1.62 bits per heavy atom. The van der Waals surface area contributed by atoms with Gasteiger partial charge in [0.2, 0.25) is 5.91 Å². The lowest BCUT2D eigenvalue weighted by atomic mass is 10.3. The maximum absolute atomic E-state index is 11.0. The third-order valence-corrected chi connectivity index (χ3v) is 1.64. The van der Waals surface area contributed by atoms with Crippen LogP contribution in [0.5, 0.6) is 0 Å². The van der Waals surface area contributed by atoms with E-state index in [2.05, 4.69) is 15.6 Å². The lowest BCUT2D eigenvalue weighted by molar-refractivity contribution is -0.115. The predicted octanol–water partition coefficient (Wildman–Crippen LogP) is 1.47. The summed E-state index contributed by atoms with van der Waals surface area (Å²) in [6.07, 6.45) is 2.11. The number of carbonyl (C=O) groups is 1. The van der Waals surface area contributed by atoms with Crippen LogP contribution >= 0.6 is 0 Å². The summed E-state index contributed by atoms with van der Waals surface area (Å²) in [6.45, 7) is 1.80. The lowest BCUT2D eigenvalue weighted by Crippen LogP contribution is -2.10. The van der Waals surface area contributed by atoms with Crippen molar-refractivity contribution in [3.8, 4) is 0 Å². The minimum absolute atomic E-state index is 0.0271. The van der Waals surface area contributed by atoms with Crippen LogP contribution in [0.1, 0.15) is 13.3 Å². The summed E-state index contributed by atoms with van der Waals surface area (Å²) < 4.78 is 0. The zero-order chi connectivity index (χ0) is 9.68. The number of hydrogen-bond acceptors (Lipinski definition) is 3. The molecule has 1 aromatic heterocycles. The van der Waals surface area contributed by atoms with Crippen molar-refractivity contribution >= 4 is 17.4 Å². The van der Waals surface area contributed by atoms with E-state index in [1.807, 2.05) is 13.1 Å². The first kappa shape index (κ1) is 9.51. The molecule has 0 saturated heterocycles. The van der Waals surface area contributed by atoms with Gasteiger partial charge in [-0.2, -0.15) is 0 Å². The number of aromatic nitrogens is 1. The second-order valence-corrected chi connectivity index (χ2v) is 2.58. The van der Waals surface area contributed by atoms with Crippen molar-refractivity contribution in [3.05, 3.63) is 18.3 Å². The molecule has 1 heterocycles. The molecule has 0 unspecified atom stereocenters. The third kappa shape index (κ3) is 2.74. The van der Waals surface area contributed by atoms with E-state index in [9.17, 15) is 4.79 Å². The summed E-state index contributed by atoms with van der Waals surface area (Å²) in [6, 6.07) is 3.62. The van der Waals surface area contributed by atoms with Crippen molar-refractivity contribution in [1.29, 1.82) is 0 Å². The SMILES string of the molecule is CCC(=O)Nc1cc(NC)ccn1. The summed E-state index contributed by atoms with van der Waals surface area (Å²) in [4.78, 5) is 15.0. The first-order chi connectivity index (χ1) is 6.26. The molecule has 0 aliphatic carbocycles. The molecule has 0 fully saturated rings. The predicted molar refractivity (Wildman–Crippen MR) is 52.7 cm³/mol. The quantitative estimate of drug-likeness (QED) is 0.738. The fourth-order valence-electron chi connectivity index (χ4n) is 0.886. The van der Waals surface area contributed by atoms with E-state index < -0.39 is 0 Å². The number of nitrogens with one attached hydrogen (secondary N) is 2. The summed E-state index contributed by atoms with van der Waals surface area (Å²) >= 11 is 0. The Kier molecular flexibility index (Phi) is 3.25. The maximum Gasteiger partial charge on any atom is 0.225 e. The van der Waals surface area contributed by atoms with E-state index in [1.54, 1.807) is 19.2 Å². The van der Waals surface area contributed by atoms with E-state index in [1.165, 1.54) is 0 Å². The number of pyridine rings is 1. The van der Waals surface area contributed by atoms with Gasteiger partial charge in [-0.15, -0.1) is 0 Å². The molecule has 0 bridgehead atoms. The zero-order valence-corrected chi connectivity index (χ0v) is 7.79. The Bertz CT molecular complexity index is 299. The fraction of sp³-hybridized carbons (Fsp3) is 0.333. The van der Waals surface area contributed by atoms with E-state index >= 15 is 0 Å². The van der Waals surface area contributed by atoms with Crippen molar-refractivity contribution in [2.24, 2.45) is 0 Å². The molecule has 4 nitrogen and oxygen atoms in total. The van der Waals surface area contributed by atoms with Gasteiger partial charge in [0.1, 0.15) is 5.82 Å². The van der Waals surface area contributed by atoms with Crippen LogP contribution < -0.4 is 10.6 Å². The van der Waals surface area contributed by atoms with Crippen LogP contribution in [0, 0.1) is 0 Å². The molecular weight excluding hydrogens is 166 g/mol. The Balaban J connectivity index is 2.71. The third-order valence-electron chi connectivity index (χ3n) is 1.64. The van der Waals surface area contributed by atoms with E-state index in [-0.39, 0.29) is 5.91 Å². The number of hydrogen-bond donors (Lipinski definition) is 2. The molecule has 0 atom stereocenters. The molecule has 70 valence electrons. The molecule has 1 aromatic rings. The van der Waals surface area contributed by atoms with Gasteiger partial charge in [-0.05, 0) is 6.07 Å². The van der Waals surface area contributed by atoms with Gasteiger partial charge < -0.3 is 10.6 Å². The smallest absolute Gasteiger partial charge is 0.225 e. The molecule has 0 saturated carbocycles. The molecular formula is C9H13N3O. The van der Waals surface area contributed by atoms with Crippen molar-refractivity contribution in [1.82, 2.24) is 4.98 Å². The number of rotatable bonds is 3. The highest BCUT2D eigenvalue weighted by atomic mass is 16.1. The normalized spacial score (nSPS) is 9.38. The highest BCUT2D eigenvalue weighted by Crippen LogP contribution is 2.10. The first-order valence-electron chi connectivity index (χ1n) is 4.20. The zero-order valence-electron chi connectivity index (χ0n) is 7.79.